The average molecular weight is 155 g/mol. The highest BCUT2D eigenvalue weighted by Crippen LogP contribution is 2.37. The lowest BCUT2D eigenvalue weighted by molar-refractivity contribution is -0.120. The molecule has 0 amide bonds. The van der Waals surface area contributed by atoms with E-state index in [2.05, 4.69) is 26.1 Å². The van der Waals surface area contributed by atoms with Gasteiger partial charge in [-0.1, -0.05) is 0 Å². The summed E-state index contributed by atoms with van der Waals surface area (Å²) in [5.74, 6) is 0.285. The topological polar surface area (TPSA) is 29.1 Å². The lowest BCUT2D eigenvalue weighted by atomic mass is 10.0. The van der Waals surface area contributed by atoms with Gasteiger partial charge in [0.2, 0.25) is 0 Å². The lowest BCUT2D eigenvalue weighted by Crippen LogP contribution is -2.48. The van der Waals surface area contributed by atoms with Crippen LogP contribution >= 0.6 is 0 Å². The summed E-state index contributed by atoms with van der Waals surface area (Å²) in [5.41, 5.74) is -0.0968. The van der Waals surface area contributed by atoms with E-state index < -0.39 is 0 Å². The smallest absolute Gasteiger partial charge is 0.149 e. The second-order valence-corrected chi connectivity index (χ2v) is 4.51. The molecule has 0 aliphatic heterocycles. The molecule has 0 heterocycles. The maximum absolute atomic E-state index is 11.1. The van der Waals surface area contributed by atoms with Crippen LogP contribution in [-0.2, 0) is 4.79 Å². The van der Waals surface area contributed by atoms with E-state index in [-0.39, 0.29) is 16.9 Å². The average Bonchev–Trinajstić information content (AvgIpc) is 2.43. The fourth-order valence-electron chi connectivity index (χ4n) is 1.41. The fraction of sp³-hybridized carbons (Fsp3) is 0.889. The van der Waals surface area contributed by atoms with Crippen LogP contribution in [0.15, 0.2) is 0 Å². The highest BCUT2D eigenvalue weighted by molar-refractivity contribution is 5.89. The maximum atomic E-state index is 11.1. The third-order valence-electron chi connectivity index (χ3n) is 2.04. The Morgan fingerprint density at radius 1 is 1.36 bits per heavy atom. The van der Waals surface area contributed by atoms with E-state index in [9.17, 15) is 4.79 Å². The van der Waals surface area contributed by atoms with Crippen LogP contribution in [-0.4, -0.2) is 16.9 Å². The van der Waals surface area contributed by atoms with Crippen molar-refractivity contribution in [2.45, 2.75) is 51.6 Å². The number of carbonyl (C=O) groups is 1. The second kappa shape index (κ2) is 2.31. The molecule has 2 nitrogen and oxygen atoms in total. The molecule has 1 rings (SSSR count). The van der Waals surface area contributed by atoms with Gasteiger partial charge in [0.25, 0.3) is 0 Å². The molecule has 1 N–H and O–H groups in total. The number of rotatable bonds is 2. The summed E-state index contributed by atoms with van der Waals surface area (Å²) < 4.78 is 0. The monoisotopic (exact) mass is 155 g/mol. The molecule has 64 valence electrons. The van der Waals surface area contributed by atoms with Crippen LogP contribution in [0.2, 0.25) is 0 Å². The summed E-state index contributed by atoms with van der Waals surface area (Å²) in [6.07, 6.45) is 2.03. The predicted molar refractivity (Wildman–Crippen MR) is 45.5 cm³/mol. The minimum absolute atomic E-state index is 0.0577. The van der Waals surface area contributed by atoms with Gasteiger partial charge in [0.1, 0.15) is 5.78 Å². The molecule has 2 heteroatoms. The first-order valence-electron chi connectivity index (χ1n) is 4.16. The Bertz CT molecular complexity index is 174. The maximum Gasteiger partial charge on any atom is 0.149 e. The zero-order valence-corrected chi connectivity index (χ0v) is 7.82. The van der Waals surface area contributed by atoms with E-state index in [1.165, 1.54) is 0 Å². The number of hydrogen-bond acceptors (Lipinski definition) is 2. The van der Waals surface area contributed by atoms with Gasteiger partial charge in [-0.3, -0.25) is 4.79 Å². The number of carbonyl (C=O) groups excluding carboxylic acids is 1. The zero-order chi connectivity index (χ0) is 8.70. The minimum Gasteiger partial charge on any atom is -0.300 e. The molecule has 0 saturated heterocycles. The molecule has 0 atom stereocenters. The van der Waals surface area contributed by atoms with Gasteiger partial charge in [-0.2, -0.15) is 0 Å². The van der Waals surface area contributed by atoms with Crippen molar-refractivity contribution in [3.63, 3.8) is 0 Å². The highest BCUT2D eigenvalue weighted by Gasteiger charge is 2.48. The van der Waals surface area contributed by atoms with Gasteiger partial charge in [0.15, 0.2) is 0 Å². The number of nitrogens with one attached hydrogen (secondary N) is 1. The fourth-order valence-corrected chi connectivity index (χ4v) is 1.41. The third-order valence-corrected chi connectivity index (χ3v) is 2.04. The molecule has 0 aromatic carbocycles. The number of hydrogen-bond donors (Lipinski definition) is 1. The Balaban J connectivity index is 2.55. The zero-order valence-electron chi connectivity index (χ0n) is 7.82. The summed E-state index contributed by atoms with van der Waals surface area (Å²) >= 11 is 0. The lowest BCUT2D eigenvalue weighted by Gasteiger charge is -2.26. The summed E-state index contributed by atoms with van der Waals surface area (Å²) in [7, 11) is 0. The van der Waals surface area contributed by atoms with E-state index in [1.54, 1.807) is 6.92 Å². The van der Waals surface area contributed by atoms with Gasteiger partial charge in [0, 0.05) is 5.54 Å². The van der Waals surface area contributed by atoms with Gasteiger partial charge in [0.05, 0.1) is 5.54 Å². The van der Waals surface area contributed by atoms with Crippen LogP contribution in [0.5, 0.6) is 0 Å². The molecule has 1 fully saturated rings. The van der Waals surface area contributed by atoms with E-state index in [0.29, 0.717) is 0 Å². The Kier molecular flexibility index (Phi) is 1.83. The van der Waals surface area contributed by atoms with Gasteiger partial charge in [-0.25, -0.2) is 0 Å². The molecule has 1 saturated carbocycles. The van der Waals surface area contributed by atoms with Crippen LogP contribution in [0.25, 0.3) is 0 Å². The van der Waals surface area contributed by atoms with Gasteiger partial charge < -0.3 is 5.32 Å². The quantitative estimate of drug-likeness (QED) is 0.654. The minimum atomic E-state index is -0.155. The molecule has 0 bridgehead atoms. The molecular formula is C9H17NO. The van der Waals surface area contributed by atoms with Crippen molar-refractivity contribution in [3.8, 4) is 0 Å². The molecule has 0 unspecified atom stereocenters. The Labute approximate surface area is 68.4 Å². The summed E-state index contributed by atoms with van der Waals surface area (Å²) in [5, 5.41) is 3.36. The molecule has 0 radical (unpaired) electrons. The van der Waals surface area contributed by atoms with Crippen LogP contribution in [0.1, 0.15) is 40.5 Å². The van der Waals surface area contributed by atoms with Crippen LogP contribution in [0.4, 0.5) is 0 Å². The molecule has 1 aliphatic carbocycles. The van der Waals surface area contributed by atoms with Crippen molar-refractivity contribution in [3.05, 3.63) is 0 Å². The van der Waals surface area contributed by atoms with Crippen molar-refractivity contribution < 1.29 is 4.79 Å². The van der Waals surface area contributed by atoms with Crippen molar-refractivity contribution in [1.82, 2.24) is 5.32 Å². The van der Waals surface area contributed by atoms with Gasteiger partial charge in [-0.05, 0) is 40.5 Å². The molecular weight excluding hydrogens is 138 g/mol. The summed E-state index contributed by atoms with van der Waals surface area (Å²) in [6.45, 7) is 7.95. The van der Waals surface area contributed by atoms with Crippen molar-refractivity contribution >= 4 is 5.78 Å². The molecule has 1 aliphatic rings. The first-order valence-corrected chi connectivity index (χ1v) is 4.16. The number of ketones is 1. The van der Waals surface area contributed by atoms with E-state index in [1.807, 2.05) is 0 Å². The van der Waals surface area contributed by atoms with E-state index in [0.717, 1.165) is 12.8 Å². The van der Waals surface area contributed by atoms with E-state index in [4.69, 9.17) is 0 Å². The standard InChI is InChI=1S/C9H17NO/c1-7(11)9(5-6-9)10-8(2,3)4/h10H,5-6H2,1-4H3. The van der Waals surface area contributed by atoms with Gasteiger partial charge in [-0.15, -0.1) is 0 Å². The predicted octanol–water partition coefficient (Wildman–Crippen LogP) is 1.50. The summed E-state index contributed by atoms with van der Waals surface area (Å²) in [6, 6.07) is 0. The largest absolute Gasteiger partial charge is 0.300 e. The van der Waals surface area contributed by atoms with Gasteiger partial charge >= 0.3 is 0 Å². The molecule has 11 heavy (non-hydrogen) atoms. The summed E-state index contributed by atoms with van der Waals surface area (Å²) in [4.78, 5) is 11.1. The SMILES string of the molecule is CC(=O)C1(NC(C)(C)C)CC1. The Morgan fingerprint density at radius 2 is 1.82 bits per heavy atom. The first kappa shape index (κ1) is 8.72. The van der Waals surface area contributed by atoms with E-state index >= 15 is 0 Å². The Hall–Kier alpha value is -0.370. The molecule has 0 aromatic heterocycles. The van der Waals surface area contributed by atoms with Crippen LogP contribution in [0.3, 0.4) is 0 Å². The van der Waals surface area contributed by atoms with Crippen molar-refractivity contribution in [1.29, 1.82) is 0 Å². The molecule has 0 spiro atoms. The molecule has 0 aromatic rings. The van der Waals surface area contributed by atoms with Crippen molar-refractivity contribution in [2.24, 2.45) is 0 Å². The third kappa shape index (κ3) is 2.03. The van der Waals surface area contributed by atoms with Crippen molar-refractivity contribution in [2.75, 3.05) is 0 Å². The Morgan fingerprint density at radius 3 is 1.91 bits per heavy atom. The number of Topliss-reactive ketones (excluding diaryl/α,β-unsaturated/α-hetero) is 1. The van der Waals surface area contributed by atoms with Crippen LogP contribution in [0, 0.1) is 0 Å². The van der Waals surface area contributed by atoms with Crippen LogP contribution < -0.4 is 5.32 Å². The first-order chi connectivity index (χ1) is 4.86. The normalized spacial score (nSPS) is 21.5. The highest BCUT2D eigenvalue weighted by atomic mass is 16.1. The second-order valence-electron chi connectivity index (χ2n) is 4.51.